The first-order chi connectivity index (χ1) is 16.8. The van der Waals surface area contributed by atoms with Gasteiger partial charge in [0.15, 0.2) is 0 Å². The molecule has 0 amide bonds. The van der Waals surface area contributed by atoms with Crippen LogP contribution in [0.25, 0.3) is 0 Å². The average molecular weight is 497 g/mol. The Morgan fingerprint density at radius 2 is 1.81 bits per heavy atom. The molecule has 0 aromatic carbocycles. The normalized spacial score (nSPS) is 45.1. The topological polar surface area (TPSA) is 79.9 Å². The van der Waals surface area contributed by atoms with Gasteiger partial charge in [-0.15, -0.1) is 0 Å². The van der Waals surface area contributed by atoms with E-state index < -0.39 is 23.7 Å². The number of carbonyl (C=O) groups is 1. The van der Waals surface area contributed by atoms with E-state index in [2.05, 4.69) is 46.8 Å². The summed E-state index contributed by atoms with van der Waals surface area (Å²) in [6.45, 7) is 15.0. The first-order valence-corrected chi connectivity index (χ1v) is 13.7. The van der Waals surface area contributed by atoms with Crippen LogP contribution in [0.2, 0.25) is 0 Å². The van der Waals surface area contributed by atoms with Crippen LogP contribution >= 0.6 is 0 Å². The third-order valence-corrected chi connectivity index (χ3v) is 11.4. The summed E-state index contributed by atoms with van der Waals surface area (Å²) < 4.78 is 11.6. The third kappa shape index (κ3) is 3.37. The summed E-state index contributed by atoms with van der Waals surface area (Å²) in [6.07, 6.45) is 9.99. The van der Waals surface area contributed by atoms with E-state index in [0.717, 1.165) is 24.8 Å². The monoisotopic (exact) mass is 496 g/mol. The van der Waals surface area contributed by atoms with Gasteiger partial charge in [0.25, 0.3) is 0 Å². The number of hydrogen-bond acceptors (Lipinski definition) is 5. The minimum atomic E-state index is -0.596. The van der Waals surface area contributed by atoms with Crippen molar-refractivity contribution in [2.45, 2.75) is 105 Å². The second kappa shape index (κ2) is 8.33. The first-order valence-electron chi connectivity index (χ1n) is 13.7. The highest BCUT2D eigenvalue weighted by Crippen LogP contribution is 2.73. The Morgan fingerprint density at radius 3 is 2.44 bits per heavy atom. The number of aliphatic hydroxyl groups excluding tert-OH is 2. The molecule has 1 heterocycles. The Balaban J connectivity index is 1.58. The van der Waals surface area contributed by atoms with Crippen LogP contribution in [0, 0.1) is 33.5 Å². The van der Waals surface area contributed by atoms with E-state index in [9.17, 15) is 15.0 Å². The van der Waals surface area contributed by atoms with Crippen molar-refractivity contribution in [1.82, 2.24) is 0 Å². The van der Waals surface area contributed by atoms with Crippen LogP contribution in [-0.4, -0.2) is 34.5 Å². The maximum Gasteiger partial charge on any atom is 0.330 e. The Kier molecular flexibility index (Phi) is 5.96. The molecule has 9 atom stereocenters. The lowest BCUT2D eigenvalue weighted by Crippen LogP contribution is -2.69. The van der Waals surface area contributed by atoms with Gasteiger partial charge in [-0.05, 0) is 79.7 Å². The molecule has 1 aromatic rings. The molecule has 0 unspecified atom stereocenters. The number of hydrogen-bond donors (Lipinski definition) is 2. The molecule has 0 aliphatic heterocycles. The molecule has 1 aromatic heterocycles. The van der Waals surface area contributed by atoms with Crippen molar-refractivity contribution in [3.8, 4) is 0 Å². The Labute approximate surface area is 216 Å². The van der Waals surface area contributed by atoms with Gasteiger partial charge in [-0.2, -0.15) is 0 Å². The number of aliphatic hydroxyl groups is 2. The molecule has 0 bridgehead atoms. The lowest BCUT2D eigenvalue weighted by atomic mass is 9.36. The number of esters is 1. The van der Waals surface area contributed by atoms with E-state index in [-0.39, 0.29) is 34.1 Å². The van der Waals surface area contributed by atoms with Crippen LogP contribution in [-0.2, 0) is 9.53 Å². The second-order valence-corrected chi connectivity index (χ2v) is 13.6. The molecule has 3 saturated carbocycles. The lowest BCUT2D eigenvalue weighted by molar-refractivity contribution is -0.255. The summed E-state index contributed by atoms with van der Waals surface area (Å²) in [7, 11) is 0. The van der Waals surface area contributed by atoms with E-state index in [1.54, 1.807) is 12.3 Å². The SMILES string of the molecule is CC(C)=CC(=O)O[C@H]1C[C@@H](O)C(C)(C)[C@@H]2C[C@@H](O)[C@@]3(C)C4=CC[C@@H](c5ccoc5)[C@]4(C)CC[C@@H]3[C@@]12C. The van der Waals surface area contributed by atoms with Crippen LogP contribution in [0.3, 0.4) is 0 Å². The van der Waals surface area contributed by atoms with Crippen LogP contribution in [0.1, 0.15) is 92.1 Å². The molecule has 5 nitrogen and oxygen atoms in total. The van der Waals surface area contributed by atoms with Gasteiger partial charge < -0.3 is 19.4 Å². The summed E-state index contributed by atoms with van der Waals surface area (Å²) >= 11 is 0. The van der Waals surface area contributed by atoms with Gasteiger partial charge in [-0.25, -0.2) is 4.79 Å². The fourth-order valence-electron chi connectivity index (χ4n) is 9.44. The fraction of sp³-hybridized carbons (Fsp3) is 0.710. The zero-order chi connectivity index (χ0) is 26.3. The largest absolute Gasteiger partial charge is 0.472 e. The molecule has 4 aliphatic carbocycles. The Morgan fingerprint density at radius 1 is 1.08 bits per heavy atom. The molecule has 5 rings (SSSR count). The highest BCUT2D eigenvalue weighted by atomic mass is 16.5. The third-order valence-electron chi connectivity index (χ3n) is 11.4. The molecule has 198 valence electrons. The molecule has 0 spiro atoms. The van der Waals surface area contributed by atoms with Gasteiger partial charge in [0.05, 0.1) is 24.7 Å². The second-order valence-electron chi connectivity index (χ2n) is 13.6. The van der Waals surface area contributed by atoms with E-state index in [0.29, 0.717) is 18.8 Å². The van der Waals surface area contributed by atoms with Crippen molar-refractivity contribution in [2.75, 3.05) is 0 Å². The number of fused-ring (bicyclic) bond motifs is 5. The minimum absolute atomic E-state index is 0.0300. The van der Waals surface area contributed by atoms with E-state index in [4.69, 9.17) is 9.15 Å². The van der Waals surface area contributed by atoms with Gasteiger partial charge in [0.2, 0.25) is 0 Å². The van der Waals surface area contributed by atoms with E-state index >= 15 is 0 Å². The molecule has 5 heteroatoms. The molecule has 36 heavy (non-hydrogen) atoms. The highest BCUT2D eigenvalue weighted by molar-refractivity contribution is 5.82. The Hall–Kier alpha value is -1.85. The van der Waals surface area contributed by atoms with E-state index in [1.807, 2.05) is 20.1 Å². The van der Waals surface area contributed by atoms with Gasteiger partial charge in [-0.1, -0.05) is 51.8 Å². The molecular weight excluding hydrogens is 452 g/mol. The van der Waals surface area contributed by atoms with Crippen LogP contribution in [0.5, 0.6) is 0 Å². The van der Waals surface area contributed by atoms with Gasteiger partial charge in [0, 0.05) is 23.3 Å². The zero-order valence-electron chi connectivity index (χ0n) is 23.0. The smallest absolute Gasteiger partial charge is 0.330 e. The van der Waals surface area contributed by atoms with Crippen LogP contribution < -0.4 is 0 Å². The molecular formula is C31H44O5. The Bertz CT molecular complexity index is 1080. The molecule has 4 aliphatic rings. The van der Waals surface area contributed by atoms with Crippen LogP contribution in [0.15, 0.2) is 46.3 Å². The molecule has 3 fully saturated rings. The molecule has 2 N–H and O–H groups in total. The van der Waals surface area contributed by atoms with Crippen molar-refractivity contribution < 1.29 is 24.2 Å². The van der Waals surface area contributed by atoms with Crippen LogP contribution in [0.4, 0.5) is 0 Å². The van der Waals surface area contributed by atoms with Crippen molar-refractivity contribution in [3.63, 3.8) is 0 Å². The molecule has 0 radical (unpaired) electrons. The van der Waals surface area contributed by atoms with Crippen molar-refractivity contribution in [2.24, 2.45) is 33.5 Å². The maximum absolute atomic E-state index is 12.9. The highest BCUT2D eigenvalue weighted by Gasteiger charge is 2.71. The van der Waals surface area contributed by atoms with Gasteiger partial charge in [-0.3, -0.25) is 0 Å². The maximum atomic E-state index is 12.9. The van der Waals surface area contributed by atoms with Crippen molar-refractivity contribution in [3.05, 3.63) is 47.5 Å². The lowest BCUT2D eigenvalue weighted by Gasteiger charge is -2.69. The summed E-state index contributed by atoms with van der Waals surface area (Å²) in [5.74, 6) is 0.179. The summed E-state index contributed by atoms with van der Waals surface area (Å²) in [4.78, 5) is 12.9. The number of furan rings is 1. The number of carbonyl (C=O) groups excluding carboxylic acids is 1. The zero-order valence-corrected chi connectivity index (χ0v) is 23.0. The number of allylic oxidation sites excluding steroid dienone is 2. The first kappa shape index (κ1) is 25.8. The standard InChI is InChI=1S/C31H44O5/c1-18(2)14-27(34)36-26-16-24(32)28(3,4)23-15-25(33)30(6)21-9-8-20(19-11-13-35-17-19)29(21,5)12-10-22(30)31(23,26)7/h9,11,13-14,17,20,22-26,32-33H,8,10,12,15-16H2,1-7H3/t20-,22-,23-,24+,25+,26-,29-,30-,31+/m0/s1. The predicted molar refractivity (Wildman–Crippen MR) is 139 cm³/mol. The van der Waals surface area contributed by atoms with Gasteiger partial charge >= 0.3 is 5.97 Å². The average Bonchev–Trinajstić information content (AvgIpc) is 3.42. The summed E-state index contributed by atoms with van der Waals surface area (Å²) in [5.41, 5.74) is 2.28. The van der Waals surface area contributed by atoms with Crippen molar-refractivity contribution >= 4 is 5.97 Å². The fourth-order valence-corrected chi connectivity index (χ4v) is 9.44. The number of ether oxygens (including phenoxy) is 1. The number of rotatable bonds is 3. The minimum Gasteiger partial charge on any atom is -0.472 e. The molecule has 0 saturated heterocycles. The van der Waals surface area contributed by atoms with Crippen molar-refractivity contribution in [1.29, 1.82) is 0 Å². The van der Waals surface area contributed by atoms with Gasteiger partial charge in [0.1, 0.15) is 6.10 Å². The predicted octanol–water partition coefficient (Wildman–Crippen LogP) is 6.17. The summed E-state index contributed by atoms with van der Waals surface area (Å²) in [5, 5.41) is 23.2. The quantitative estimate of drug-likeness (QED) is 0.297. The van der Waals surface area contributed by atoms with E-state index in [1.165, 1.54) is 11.1 Å². The summed E-state index contributed by atoms with van der Waals surface area (Å²) in [6, 6.07) is 2.08.